The minimum Gasteiger partial charge on any atom is -0.495 e. The van der Waals surface area contributed by atoms with Gasteiger partial charge in [0.2, 0.25) is 5.91 Å². The second kappa shape index (κ2) is 5.49. The lowest BCUT2D eigenvalue weighted by Crippen LogP contribution is -2.26. The van der Waals surface area contributed by atoms with Crippen molar-refractivity contribution in [2.24, 2.45) is 0 Å². The third-order valence-electron chi connectivity index (χ3n) is 3.47. The van der Waals surface area contributed by atoms with Crippen molar-refractivity contribution in [1.29, 1.82) is 0 Å². The first-order chi connectivity index (χ1) is 10.8. The Bertz CT molecular complexity index is 789. The number of amides is 1. The van der Waals surface area contributed by atoms with E-state index < -0.39 is 11.7 Å². The second-order valence-electron chi connectivity index (χ2n) is 4.94. The Hall–Kier alpha value is -2.15. The van der Waals surface area contributed by atoms with Crippen LogP contribution in [0.15, 0.2) is 46.2 Å². The van der Waals surface area contributed by atoms with Crippen LogP contribution in [0.4, 0.5) is 24.5 Å². The molecule has 0 N–H and O–H groups in total. The Morgan fingerprint density at radius 2 is 1.91 bits per heavy atom. The Morgan fingerprint density at radius 3 is 2.52 bits per heavy atom. The molecule has 1 heterocycles. The topological polar surface area (TPSA) is 29.5 Å². The van der Waals surface area contributed by atoms with Gasteiger partial charge in [-0.1, -0.05) is 17.8 Å². The van der Waals surface area contributed by atoms with Crippen LogP contribution in [0.5, 0.6) is 5.75 Å². The van der Waals surface area contributed by atoms with Gasteiger partial charge < -0.3 is 4.74 Å². The molecule has 3 rings (SSSR count). The Balaban J connectivity index is 2.21. The molecule has 1 amide bonds. The summed E-state index contributed by atoms with van der Waals surface area (Å²) >= 11 is 1.19. The number of benzene rings is 2. The highest BCUT2D eigenvalue weighted by molar-refractivity contribution is 7.99. The number of alkyl halides is 3. The normalized spacial score (nSPS) is 13.3. The Kier molecular flexibility index (Phi) is 3.75. The molecule has 2 aromatic rings. The third-order valence-corrected chi connectivity index (χ3v) is 4.56. The monoisotopic (exact) mass is 339 g/mol. The maximum Gasteiger partial charge on any atom is 0.416 e. The minimum absolute atomic E-state index is 0.294. The number of fused-ring (bicyclic) bond motifs is 2. The van der Waals surface area contributed by atoms with E-state index in [9.17, 15) is 18.0 Å². The lowest BCUT2D eigenvalue weighted by molar-refractivity contribution is -0.137. The van der Waals surface area contributed by atoms with Crippen LogP contribution in [0.1, 0.15) is 12.5 Å². The van der Waals surface area contributed by atoms with Crippen molar-refractivity contribution in [3.05, 3.63) is 42.0 Å². The molecule has 23 heavy (non-hydrogen) atoms. The predicted molar refractivity (Wildman–Crippen MR) is 81.4 cm³/mol. The molecular formula is C16H12F3NO2S. The van der Waals surface area contributed by atoms with E-state index in [2.05, 4.69) is 0 Å². The zero-order valence-electron chi connectivity index (χ0n) is 12.3. The molecule has 3 nitrogen and oxygen atoms in total. The SMILES string of the molecule is COc1cccc2c1N(C(C)=O)c1ccc(C(F)(F)F)cc1S2. The van der Waals surface area contributed by atoms with Crippen LogP contribution in [-0.2, 0) is 11.0 Å². The summed E-state index contributed by atoms with van der Waals surface area (Å²) < 4.78 is 44.1. The van der Waals surface area contributed by atoms with E-state index in [0.717, 1.165) is 12.1 Å². The summed E-state index contributed by atoms with van der Waals surface area (Å²) in [4.78, 5) is 14.6. The van der Waals surface area contributed by atoms with E-state index in [-0.39, 0.29) is 5.91 Å². The minimum atomic E-state index is -4.43. The quantitative estimate of drug-likeness (QED) is 0.743. The fraction of sp³-hybridized carbons (Fsp3) is 0.188. The van der Waals surface area contributed by atoms with Gasteiger partial charge in [0.15, 0.2) is 0 Å². The number of hydrogen-bond donors (Lipinski definition) is 0. The number of halogens is 3. The summed E-state index contributed by atoms with van der Waals surface area (Å²) in [7, 11) is 1.49. The molecule has 120 valence electrons. The number of carbonyl (C=O) groups is 1. The molecule has 0 spiro atoms. The summed E-state index contributed by atoms with van der Waals surface area (Å²) in [5.41, 5.74) is 0.242. The molecule has 0 unspecified atom stereocenters. The van der Waals surface area contributed by atoms with E-state index in [1.807, 2.05) is 0 Å². The van der Waals surface area contributed by atoms with Crippen LogP contribution in [0.25, 0.3) is 0 Å². The van der Waals surface area contributed by atoms with Crippen LogP contribution >= 0.6 is 11.8 Å². The van der Waals surface area contributed by atoms with Gasteiger partial charge in [0.25, 0.3) is 0 Å². The van der Waals surface area contributed by atoms with Gasteiger partial charge in [0, 0.05) is 16.7 Å². The first-order valence-corrected chi connectivity index (χ1v) is 7.51. The molecule has 2 aromatic carbocycles. The number of rotatable bonds is 1. The molecule has 0 atom stereocenters. The number of carbonyl (C=O) groups excluding carboxylic acids is 1. The smallest absolute Gasteiger partial charge is 0.416 e. The highest BCUT2D eigenvalue weighted by Gasteiger charge is 2.34. The van der Waals surface area contributed by atoms with E-state index in [0.29, 0.717) is 26.9 Å². The summed E-state index contributed by atoms with van der Waals surface area (Å²) in [6.07, 6.45) is -4.43. The zero-order chi connectivity index (χ0) is 16.8. The summed E-state index contributed by atoms with van der Waals surface area (Å²) in [6.45, 7) is 1.37. The van der Waals surface area contributed by atoms with Crippen molar-refractivity contribution in [2.75, 3.05) is 12.0 Å². The predicted octanol–water partition coefficient (Wildman–Crippen LogP) is 4.86. The van der Waals surface area contributed by atoms with Crippen LogP contribution < -0.4 is 9.64 Å². The number of hydrogen-bond acceptors (Lipinski definition) is 3. The molecule has 0 aromatic heterocycles. The molecule has 7 heteroatoms. The highest BCUT2D eigenvalue weighted by atomic mass is 32.2. The van der Waals surface area contributed by atoms with Gasteiger partial charge >= 0.3 is 6.18 Å². The molecule has 0 bridgehead atoms. The summed E-state index contributed by atoms with van der Waals surface area (Å²) in [5, 5.41) is 0. The van der Waals surface area contributed by atoms with Gasteiger partial charge in [-0.25, -0.2) is 0 Å². The van der Waals surface area contributed by atoms with E-state index in [1.54, 1.807) is 18.2 Å². The molecule has 1 aliphatic heterocycles. The van der Waals surface area contributed by atoms with Crippen LogP contribution in [-0.4, -0.2) is 13.0 Å². The van der Waals surface area contributed by atoms with Gasteiger partial charge in [0.1, 0.15) is 11.4 Å². The first-order valence-electron chi connectivity index (χ1n) is 6.69. The standard InChI is InChI=1S/C16H12F3NO2S/c1-9(21)20-11-7-6-10(16(17,18)19)8-14(11)23-13-5-3-4-12(22-2)15(13)20/h3-8H,1-2H3. The number of methoxy groups -OCH3 is 1. The molecule has 0 fully saturated rings. The van der Waals surface area contributed by atoms with Gasteiger partial charge in [-0.3, -0.25) is 9.69 Å². The largest absolute Gasteiger partial charge is 0.495 e. The van der Waals surface area contributed by atoms with Crippen molar-refractivity contribution in [1.82, 2.24) is 0 Å². The van der Waals surface area contributed by atoms with Crippen molar-refractivity contribution in [3.63, 3.8) is 0 Å². The van der Waals surface area contributed by atoms with Gasteiger partial charge in [-0.15, -0.1) is 0 Å². The lowest BCUT2D eigenvalue weighted by atomic mass is 10.1. The van der Waals surface area contributed by atoms with Crippen LogP contribution in [0.2, 0.25) is 0 Å². The van der Waals surface area contributed by atoms with Gasteiger partial charge in [-0.05, 0) is 30.3 Å². The number of para-hydroxylation sites is 1. The van der Waals surface area contributed by atoms with E-state index in [4.69, 9.17) is 4.74 Å². The van der Waals surface area contributed by atoms with E-state index >= 15 is 0 Å². The number of nitrogens with zero attached hydrogens (tertiary/aromatic N) is 1. The fourth-order valence-corrected chi connectivity index (χ4v) is 3.61. The number of ether oxygens (including phenoxy) is 1. The molecular weight excluding hydrogens is 327 g/mol. The molecule has 0 radical (unpaired) electrons. The first kappa shape index (κ1) is 15.7. The second-order valence-corrected chi connectivity index (χ2v) is 6.03. The fourth-order valence-electron chi connectivity index (χ4n) is 2.49. The lowest BCUT2D eigenvalue weighted by Gasteiger charge is -2.31. The highest BCUT2D eigenvalue weighted by Crippen LogP contribution is 2.52. The maximum atomic E-state index is 12.9. The average molecular weight is 339 g/mol. The Morgan fingerprint density at radius 1 is 1.17 bits per heavy atom. The molecule has 0 aliphatic carbocycles. The Labute approximate surface area is 135 Å². The van der Waals surface area contributed by atoms with E-state index in [1.165, 1.54) is 36.8 Å². The van der Waals surface area contributed by atoms with Gasteiger partial charge in [0.05, 0.1) is 18.4 Å². The molecule has 0 saturated heterocycles. The van der Waals surface area contributed by atoms with Gasteiger partial charge in [-0.2, -0.15) is 13.2 Å². The van der Waals surface area contributed by atoms with Crippen LogP contribution in [0, 0.1) is 0 Å². The van der Waals surface area contributed by atoms with Crippen molar-refractivity contribution < 1.29 is 22.7 Å². The van der Waals surface area contributed by atoms with Crippen molar-refractivity contribution >= 4 is 29.0 Å². The number of anilines is 2. The zero-order valence-corrected chi connectivity index (χ0v) is 13.1. The average Bonchev–Trinajstić information content (AvgIpc) is 2.50. The molecule has 0 saturated carbocycles. The molecule has 1 aliphatic rings. The van der Waals surface area contributed by atoms with Crippen molar-refractivity contribution in [3.8, 4) is 5.75 Å². The van der Waals surface area contributed by atoms with Crippen LogP contribution in [0.3, 0.4) is 0 Å². The van der Waals surface area contributed by atoms with Crippen molar-refractivity contribution in [2.45, 2.75) is 22.9 Å². The third kappa shape index (κ3) is 2.65. The summed E-state index contributed by atoms with van der Waals surface area (Å²) in [5.74, 6) is 0.202. The maximum absolute atomic E-state index is 12.9. The summed E-state index contributed by atoms with van der Waals surface area (Å²) in [6, 6.07) is 8.57.